The third-order valence-corrected chi connectivity index (χ3v) is 3.78. The molecule has 0 amide bonds. The van der Waals surface area contributed by atoms with Gasteiger partial charge in [-0.15, -0.1) is 0 Å². The highest BCUT2D eigenvalue weighted by molar-refractivity contribution is 5.69. The van der Waals surface area contributed by atoms with Gasteiger partial charge in [0.15, 0.2) is 0 Å². The van der Waals surface area contributed by atoms with E-state index in [4.69, 9.17) is 9.84 Å². The SMILES string of the molecule is O=C(O)CN1CCCN(CC2CCCCO2)CC1. The van der Waals surface area contributed by atoms with Gasteiger partial charge in [0, 0.05) is 32.8 Å². The summed E-state index contributed by atoms with van der Waals surface area (Å²) in [5, 5.41) is 8.81. The van der Waals surface area contributed by atoms with Gasteiger partial charge in [-0.3, -0.25) is 14.6 Å². The highest BCUT2D eigenvalue weighted by atomic mass is 16.5. The normalized spacial score (nSPS) is 27.9. The molecule has 18 heavy (non-hydrogen) atoms. The molecule has 2 heterocycles. The highest BCUT2D eigenvalue weighted by Crippen LogP contribution is 2.14. The standard InChI is InChI=1S/C13H24N2O3/c16-13(17)11-15-6-3-5-14(7-8-15)10-12-4-1-2-9-18-12/h12H,1-11H2,(H,16,17). The van der Waals surface area contributed by atoms with E-state index in [0.717, 1.165) is 45.8 Å². The maximum atomic E-state index is 10.7. The fraction of sp³-hybridized carbons (Fsp3) is 0.923. The lowest BCUT2D eigenvalue weighted by Crippen LogP contribution is -2.38. The van der Waals surface area contributed by atoms with Gasteiger partial charge < -0.3 is 9.84 Å². The molecular formula is C13H24N2O3. The monoisotopic (exact) mass is 256 g/mol. The van der Waals surface area contributed by atoms with E-state index >= 15 is 0 Å². The van der Waals surface area contributed by atoms with Crippen molar-refractivity contribution in [3.63, 3.8) is 0 Å². The first-order valence-corrected chi connectivity index (χ1v) is 7.02. The van der Waals surface area contributed by atoms with Crippen molar-refractivity contribution in [1.82, 2.24) is 9.80 Å². The average molecular weight is 256 g/mol. The molecule has 104 valence electrons. The first-order chi connectivity index (χ1) is 8.74. The van der Waals surface area contributed by atoms with Crippen LogP contribution < -0.4 is 0 Å². The van der Waals surface area contributed by atoms with Gasteiger partial charge in [-0.05, 0) is 32.2 Å². The molecule has 0 aliphatic carbocycles. The van der Waals surface area contributed by atoms with Crippen LogP contribution in [0.1, 0.15) is 25.7 Å². The smallest absolute Gasteiger partial charge is 0.317 e. The van der Waals surface area contributed by atoms with Gasteiger partial charge in [-0.2, -0.15) is 0 Å². The van der Waals surface area contributed by atoms with Crippen molar-refractivity contribution in [3.8, 4) is 0 Å². The molecule has 0 spiro atoms. The summed E-state index contributed by atoms with van der Waals surface area (Å²) in [5.41, 5.74) is 0. The van der Waals surface area contributed by atoms with Crippen LogP contribution in [0.15, 0.2) is 0 Å². The van der Waals surface area contributed by atoms with Gasteiger partial charge in [-0.1, -0.05) is 0 Å². The van der Waals surface area contributed by atoms with E-state index < -0.39 is 5.97 Å². The Kier molecular flexibility index (Phi) is 5.41. The molecule has 2 aliphatic heterocycles. The predicted molar refractivity (Wildman–Crippen MR) is 68.7 cm³/mol. The number of ether oxygens (including phenoxy) is 1. The molecule has 2 aliphatic rings. The Morgan fingerprint density at radius 1 is 1.11 bits per heavy atom. The van der Waals surface area contributed by atoms with Crippen LogP contribution in [0.2, 0.25) is 0 Å². The Morgan fingerprint density at radius 3 is 2.61 bits per heavy atom. The molecular weight excluding hydrogens is 232 g/mol. The number of aliphatic carboxylic acids is 1. The lowest BCUT2D eigenvalue weighted by molar-refractivity contribution is -0.138. The molecule has 2 saturated heterocycles. The molecule has 0 aromatic carbocycles. The van der Waals surface area contributed by atoms with E-state index in [1.165, 1.54) is 19.3 Å². The van der Waals surface area contributed by atoms with Crippen molar-refractivity contribution in [3.05, 3.63) is 0 Å². The van der Waals surface area contributed by atoms with Gasteiger partial charge >= 0.3 is 5.97 Å². The van der Waals surface area contributed by atoms with Crippen molar-refractivity contribution >= 4 is 5.97 Å². The zero-order valence-electron chi connectivity index (χ0n) is 11.0. The second kappa shape index (κ2) is 7.07. The van der Waals surface area contributed by atoms with Crippen molar-refractivity contribution < 1.29 is 14.6 Å². The van der Waals surface area contributed by atoms with E-state index in [1.807, 2.05) is 4.90 Å². The number of carboxylic acid groups (broad SMARTS) is 1. The lowest BCUT2D eigenvalue weighted by atomic mass is 10.1. The molecule has 1 N–H and O–H groups in total. The van der Waals surface area contributed by atoms with Gasteiger partial charge in [0.25, 0.3) is 0 Å². The third-order valence-electron chi connectivity index (χ3n) is 3.78. The Hall–Kier alpha value is -0.650. The summed E-state index contributed by atoms with van der Waals surface area (Å²) < 4.78 is 5.76. The number of nitrogens with zero attached hydrogens (tertiary/aromatic N) is 2. The molecule has 5 heteroatoms. The zero-order chi connectivity index (χ0) is 12.8. The first kappa shape index (κ1) is 13.8. The molecule has 1 unspecified atom stereocenters. The van der Waals surface area contributed by atoms with Gasteiger partial charge in [0.1, 0.15) is 0 Å². The van der Waals surface area contributed by atoms with Crippen LogP contribution in [-0.2, 0) is 9.53 Å². The summed E-state index contributed by atoms with van der Waals surface area (Å²) in [4.78, 5) is 15.2. The second-order valence-corrected chi connectivity index (χ2v) is 5.31. The van der Waals surface area contributed by atoms with Crippen LogP contribution >= 0.6 is 0 Å². The molecule has 5 nitrogen and oxygen atoms in total. The maximum Gasteiger partial charge on any atom is 0.317 e. The Morgan fingerprint density at radius 2 is 1.89 bits per heavy atom. The fourth-order valence-corrected chi connectivity index (χ4v) is 2.80. The number of rotatable bonds is 4. The van der Waals surface area contributed by atoms with E-state index in [0.29, 0.717) is 6.10 Å². The Labute approximate surface area is 109 Å². The van der Waals surface area contributed by atoms with Crippen LogP contribution in [0.25, 0.3) is 0 Å². The number of carbonyl (C=O) groups is 1. The summed E-state index contributed by atoms with van der Waals surface area (Å²) in [7, 11) is 0. The number of hydrogen-bond donors (Lipinski definition) is 1. The summed E-state index contributed by atoms with van der Waals surface area (Å²) in [6, 6.07) is 0. The average Bonchev–Trinajstić information content (AvgIpc) is 2.56. The summed E-state index contributed by atoms with van der Waals surface area (Å²) in [6.07, 6.45) is 5.10. The summed E-state index contributed by atoms with van der Waals surface area (Å²) in [5.74, 6) is -0.723. The quantitative estimate of drug-likeness (QED) is 0.800. The van der Waals surface area contributed by atoms with Crippen LogP contribution in [0.3, 0.4) is 0 Å². The van der Waals surface area contributed by atoms with Crippen LogP contribution in [0, 0.1) is 0 Å². The van der Waals surface area contributed by atoms with E-state index in [2.05, 4.69) is 4.90 Å². The van der Waals surface area contributed by atoms with Gasteiger partial charge in [-0.25, -0.2) is 0 Å². The third kappa shape index (κ3) is 4.55. The number of carboxylic acids is 1. The molecule has 1 atom stereocenters. The largest absolute Gasteiger partial charge is 0.480 e. The number of hydrogen-bond acceptors (Lipinski definition) is 4. The van der Waals surface area contributed by atoms with Crippen molar-refractivity contribution in [2.24, 2.45) is 0 Å². The molecule has 0 aromatic heterocycles. The first-order valence-electron chi connectivity index (χ1n) is 7.02. The fourth-order valence-electron chi connectivity index (χ4n) is 2.80. The van der Waals surface area contributed by atoms with E-state index in [9.17, 15) is 4.79 Å². The predicted octanol–water partition coefficient (Wildman–Crippen LogP) is 0.648. The topological polar surface area (TPSA) is 53.0 Å². The van der Waals surface area contributed by atoms with Gasteiger partial charge in [0.05, 0.1) is 12.6 Å². The van der Waals surface area contributed by atoms with Gasteiger partial charge in [0.2, 0.25) is 0 Å². The maximum absolute atomic E-state index is 10.7. The van der Waals surface area contributed by atoms with E-state index in [1.54, 1.807) is 0 Å². The minimum Gasteiger partial charge on any atom is -0.480 e. The summed E-state index contributed by atoms with van der Waals surface area (Å²) >= 11 is 0. The molecule has 2 rings (SSSR count). The lowest BCUT2D eigenvalue weighted by Gasteiger charge is -2.29. The van der Waals surface area contributed by atoms with Crippen LogP contribution in [0.5, 0.6) is 0 Å². The van der Waals surface area contributed by atoms with Crippen LogP contribution in [0.4, 0.5) is 0 Å². The minimum absolute atomic E-state index is 0.174. The highest BCUT2D eigenvalue weighted by Gasteiger charge is 2.21. The minimum atomic E-state index is -0.723. The molecule has 0 aromatic rings. The molecule has 0 bridgehead atoms. The second-order valence-electron chi connectivity index (χ2n) is 5.31. The molecule has 0 saturated carbocycles. The Balaban J connectivity index is 1.72. The van der Waals surface area contributed by atoms with E-state index in [-0.39, 0.29) is 6.54 Å². The summed E-state index contributed by atoms with van der Waals surface area (Å²) in [6.45, 7) is 5.88. The van der Waals surface area contributed by atoms with Crippen molar-refractivity contribution in [2.45, 2.75) is 31.8 Å². The van der Waals surface area contributed by atoms with Crippen molar-refractivity contribution in [1.29, 1.82) is 0 Å². The van der Waals surface area contributed by atoms with Crippen molar-refractivity contribution in [2.75, 3.05) is 45.9 Å². The Bertz CT molecular complexity index is 267. The van der Waals surface area contributed by atoms with Crippen LogP contribution in [-0.4, -0.2) is 72.9 Å². The zero-order valence-corrected chi connectivity index (χ0v) is 11.0. The molecule has 0 radical (unpaired) electrons. The molecule has 2 fully saturated rings.